The largest absolute Gasteiger partial charge is 0.376 e. The molecule has 1 N–H and O–H groups in total. The molecule has 0 aromatic carbocycles. The van der Waals surface area contributed by atoms with Crippen LogP contribution < -0.4 is 5.32 Å². The highest BCUT2D eigenvalue weighted by molar-refractivity contribution is 4.97. The average Bonchev–Trinajstić information content (AvgIpc) is 3.07. The fourth-order valence-corrected chi connectivity index (χ4v) is 3.42. The second kappa shape index (κ2) is 4.63. The lowest BCUT2D eigenvalue weighted by atomic mass is 10.00. The van der Waals surface area contributed by atoms with Crippen LogP contribution in [0, 0.1) is 5.92 Å². The minimum atomic E-state index is 0.562. The summed E-state index contributed by atoms with van der Waals surface area (Å²) in [6.07, 6.45) is 5.90. The fourth-order valence-electron chi connectivity index (χ4n) is 3.42. The molecule has 3 rings (SSSR count). The summed E-state index contributed by atoms with van der Waals surface area (Å²) in [6, 6.07) is 1.46. The van der Waals surface area contributed by atoms with Crippen molar-refractivity contribution in [1.82, 2.24) is 10.2 Å². The Morgan fingerprint density at radius 2 is 2.19 bits per heavy atom. The Bertz CT molecular complexity index is 242. The Labute approximate surface area is 98.5 Å². The molecule has 2 heterocycles. The van der Waals surface area contributed by atoms with Gasteiger partial charge < -0.3 is 10.1 Å². The third-order valence-electron chi connectivity index (χ3n) is 4.48. The van der Waals surface area contributed by atoms with Crippen LogP contribution in [-0.2, 0) is 4.74 Å². The quantitative estimate of drug-likeness (QED) is 0.780. The normalized spacial score (nSPS) is 41.4. The van der Waals surface area contributed by atoms with Crippen molar-refractivity contribution in [2.45, 2.75) is 50.8 Å². The number of piperazine rings is 1. The highest BCUT2D eigenvalue weighted by Crippen LogP contribution is 2.41. The minimum absolute atomic E-state index is 0.562. The molecule has 3 aliphatic rings. The van der Waals surface area contributed by atoms with Crippen LogP contribution in [0.2, 0.25) is 0 Å². The lowest BCUT2D eigenvalue weighted by Crippen LogP contribution is -2.57. The molecule has 3 heteroatoms. The predicted octanol–water partition coefficient (Wildman–Crippen LogP) is 1.24. The highest BCUT2D eigenvalue weighted by Gasteiger charge is 2.44. The molecule has 2 aliphatic heterocycles. The molecule has 1 aliphatic carbocycles. The van der Waals surface area contributed by atoms with Crippen molar-refractivity contribution in [3.05, 3.63) is 0 Å². The maximum absolute atomic E-state index is 5.97. The van der Waals surface area contributed by atoms with Crippen molar-refractivity contribution in [2.24, 2.45) is 5.92 Å². The van der Waals surface area contributed by atoms with E-state index in [0.29, 0.717) is 6.10 Å². The zero-order valence-electron chi connectivity index (χ0n) is 10.3. The SMILES string of the molecule is CCC1CNCCN1C1CCOC1C1CC1. The molecular formula is C13H24N2O. The van der Waals surface area contributed by atoms with Crippen molar-refractivity contribution in [3.63, 3.8) is 0 Å². The van der Waals surface area contributed by atoms with Crippen molar-refractivity contribution in [1.29, 1.82) is 0 Å². The van der Waals surface area contributed by atoms with E-state index < -0.39 is 0 Å². The smallest absolute Gasteiger partial charge is 0.0759 e. The summed E-state index contributed by atoms with van der Waals surface area (Å²) in [5, 5.41) is 3.52. The van der Waals surface area contributed by atoms with E-state index in [0.717, 1.165) is 31.2 Å². The van der Waals surface area contributed by atoms with Crippen molar-refractivity contribution >= 4 is 0 Å². The number of hydrogen-bond acceptors (Lipinski definition) is 3. The van der Waals surface area contributed by atoms with E-state index in [1.807, 2.05) is 0 Å². The van der Waals surface area contributed by atoms with Gasteiger partial charge in [-0.15, -0.1) is 0 Å². The first-order chi connectivity index (χ1) is 7.90. The van der Waals surface area contributed by atoms with E-state index in [2.05, 4.69) is 17.1 Å². The number of hydrogen-bond donors (Lipinski definition) is 1. The van der Waals surface area contributed by atoms with Gasteiger partial charge in [0.15, 0.2) is 0 Å². The number of nitrogens with zero attached hydrogens (tertiary/aromatic N) is 1. The van der Waals surface area contributed by atoms with Gasteiger partial charge in [-0.05, 0) is 31.6 Å². The number of rotatable bonds is 3. The topological polar surface area (TPSA) is 24.5 Å². The fraction of sp³-hybridized carbons (Fsp3) is 1.00. The summed E-state index contributed by atoms with van der Waals surface area (Å²) in [6.45, 7) is 6.85. The molecule has 92 valence electrons. The summed E-state index contributed by atoms with van der Waals surface area (Å²) in [4.78, 5) is 2.74. The van der Waals surface area contributed by atoms with Crippen molar-refractivity contribution in [3.8, 4) is 0 Å². The first-order valence-electron chi connectivity index (χ1n) is 6.98. The molecule has 2 saturated heterocycles. The van der Waals surface area contributed by atoms with Crippen LogP contribution in [0.15, 0.2) is 0 Å². The van der Waals surface area contributed by atoms with Gasteiger partial charge in [0.2, 0.25) is 0 Å². The van der Waals surface area contributed by atoms with Gasteiger partial charge in [0.05, 0.1) is 6.10 Å². The van der Waals surface area contributed by atoms with Gasteiger partial charge in [0.1, 0.15) is 0 Å². The van der Waals surface area contributed by atoms with E-state index in [9.17, 15) is 0 Å². The average molecular weight is 224 g/mol. The van der Waals surface area contributed by atoms with Crippen molar-refractivity contribution < 1.29 is 4.74 Å². The molecule has 3 nitrogen and oxygen atoms in total. The molecule has 0 amide bonds. The lowest BCUT2D eigenvalue weighted by Gasteiger charge is -2.41. The first kappa shape index (κ1) is 11.0. The molecular weight excluding hydrogens is 200 g/mol. The van der Waals surface area contributed by atoms with Crippen LogP contribution in [0.3, 0.4) is 0 Å². The number of nitrogens with one attached hydrogen (secondary N) is 1. The summed E-state index contributed by atoms with van der Waals surface area (Å²) < 4.78 is 5.97. The van der Waals surface area contributed by atoms with Crippen molar-refractivity contribution in [2.75, 3.05) is 26.2 Å². The third kappa shape index (κ3) is 2.01. The summed E-state index contributed by atoms with van der Waals surface area (Å²) in [7, 11) is 0. The minimum Gasteiger partial charge on any atom is -0.376 e. The molecule has 3 unspecified atom stereocenters. The zero-order valence-corrected chi connectivity index (χ0v) is 10.3. The predicted molar refractivity (Wildman–Crippen MR) is 64.5 cm³/mol. The van der Waals surface area contributed by atoms with Gasteiger partial charge in [0, 0.05) is 38.3 Å². The third-order valence-corrected chi connectivity index (χ3v) is 4.48. The van der Waals surface area contributed by atoms with Crippen LogP contribution in [0.5, 0.6) is 0 Å². The molecule has 0 radical (unpaired) electrons. The lowest BCUT2D eigenvalue weighted by molar-refractivity contribution is 0.0203. The van der Waals surface area contributed by atoms with Crippen LogP contribution in [-0.4, -0.2) is 49.3 Å². The maximum atomic E-state index is 5.97. The second-order valence-electron chi connectivity index (χ2n) is 5.53. The molecule has 16 heavy (non-hydrogen) atoms. The Morgan fingerprint density at radius 3 is 2.94 bits per heavy atom. The molecule has 3 fully saturated rings. The van der Waals surface area contributed by atoms with E-state index in [4.69, 9.17) is 4.74 Å². The Morgan fingerprint density at radius 1 is 1.31 bits per heavy atom. The number of ether oxygens (including phenoxy) is 1. The van der Waals surface area contributed by atoms with Crippen LogP contribution in [0.4, 0.5) is 0 Å². The van der Waals surface area contributed by atoms with Crippen LogP contribution in [0.25, 0.3) is 0 Å². The van der Waals surface area contributed by atoms with Gasteiger partial charge in [-0.2, -0.15) is 0 Å². The van der Waals surface area contributed by atoms with E-state index in [-0.39, 0.29) is 0 Å². The standard InChI is InChI=1S/C13H24N2O/c1-2-11-9-14-6-7-15(11)12-5-8-16-13(12)10-3-4-10/h10-14H,2-9H2,1H3. The zero-order chi connectivity index (χ0) is 11.0. The molecule has 0 bridgehead atoms. The van der Waals surface area contributed by atoms with E-state index >= 15 is 0 Å². The van der Waals surface area contributed by atoms with E-state index in [1.165, 1.54) is 38.8 Å². The molecule has 0 spiro atoms. The molecule has 1 saturated carbocycles. The van der Waals surface area contributed by atoms with Gasteiger partial charge in [0.25, 0.3) is 0 Å². The first-order valence-corrected chi connectivity index (χ1v) is 6.98. The van der Waals surface area contributed by atoms with Gasteiger partial charge in [-0.25, -0.2) is 0 Å². The molecule has 0 aromatic rings. The Kier molecular flexibility index (Phi) is 3.18. The highest BCUT2D eigenvalue weighted by atomic mass is 16.5. The summed E-state index contributed by atoms with van der Waals surface area (Å²) >= 11 is 0. The van der Waals surface area contributed by atoms with Gasteiger partial charge in [-0.1, -0.05) is 6.92 Å². The van der Waals surface area contributed by atoms with Gasteiger partial charge >= 0.3 is 0 Å². The molecule has 0 aromatic heterocycles. The van der Waals surface area contributed by atoms with Crippen LogP contribution >= 0.6 is 0 Å². The maximum Gasteiger partial charge on any atom is 0.0759 e. The Hall–Kier alpha value is -0.120. The second-order valence-corrected chi connectivity index (χ2v) is 5.53. The summed E-state index contributed by atoms with van der Waals surface area (Å²) in [5.41, 5.74) is 0. The monoisotopic (exact) mass is 224 g/mol. The Balaban J connectivity index is 1.68. The van der Waals surface area contributed by atoms with E-state index in [1.54, 1.807) is 0 Å². The van der Waals surface area contributed by atoms with Gasteiger partial charge in [-0.3, -0.25) is 4.90 Å². The molecule has 3 atom stereocenters. The summed E-state index contributed by atoms with van der Waals surface area (Å²) in [5.74, 6) is 0.889. The van der Waals surface area contributed by atoms with Crippen LogP contribution in [0.1, 0.15) is 32.6 Å².